The summed E-state index contributed by atoms with van der Waals surface area (Å²) in [6.07, 6.45) is 0. The Kier molecular flexibility index (Phi) is 4.39. The third kappa shape index (κ3) is 2.96. The molecule has 1 N–H and O–H groups in total. The van der Waals surface area contributed by atoms with Crippen LogP contribution < -0.4 is 5.32 Å². The number of hydrogen-bond donors (Lipinski definition) is 1. The van der Waals surface area contributed by atoms with Crippen molar-refractivity contribution < 1.29 is 14.4 Å². The van der Waals surface area contributed by atoms with Gasteiger partial charge in [-0.3, -0.25) is 14.5 Å². The van der Waals surface area contributed by atoms with Gasteiger partial charge in [-0.2, -0.15) is 0 Å². The Balaban J connectivity index is 2.21. The maximum atomic E-state index is 12.3. The second-order valence-corrected chi connectivity index (χ2v) is 5.52. The molecule has 1 aromatic carbocycles. The second-order valence-electron chi connectivity index (χ2n) is 4.64. The fourth-order valence-electron chi connectivity index (χ4n) is 2.01. The number of rotatable bonds is 2. The molecule has 0 saturated carbocycles. The van der Waals surface area contributed by atoms with Gasteiger partial charge in [-0.15, -0.1) is 0 Å². The molecule has 1 heterocycles. The van der Waals surface area contributed by atoms with Crippen LogP contribution in [0.1, 0.15) is 0 Å². The molecule has 8 heteroatoms. The number of nitrogens with one attached hydrogen (secondary N) is 1. The van der Waals surface area contributed by atoms with Crippen molar-refractivity contribution >= 4 is 46.7 Å². The minimum Gasteiger partial charge on any atom is -0.325 e. The van der Waals surface area contributed by atoms with E-state index in [1.54, 1.807) is 24.3 Å². The summed E-state index contributed by atoms with van der Waals surface area (Å²) in [5, 5.41) is 3.03. The number of carbonyl (C=O) groups is 3. The molecule has 1 aliphatic rings. The van der Waals surface area contributed by atoms with E-state index in [1.807, 2.05) is 0 Å². The Hall–Kier alpha value is -1.79. The molecule has 0 aliphatic carbocycles. The van der Waals surface area contributed by atoms with Gasteiger partial charge in [-0.25, -0.2) is 4.79 Å². The fourth-order valence-corrected chi connectivity index (χ4v) is 2.51. The summed E-state index contributed by atoms with van der Waals surface area (Å²) in [5.74, 6) is -2.41. The first-order chi connectivity index (χ1) is 9.82. The topological polar surface area (TPSA) is 69.7 Å². The van der Waals surface area contributed by atoms with E-state index in [-0.39, 0.29) is 0 Å². The van der Waals surface area contributed by atoms with E-state index < -0.39 is 29.3 Å². The van der Waals surface area contributed by atoms with Gasteiger partial charge in [0, 0.05) is 24.8 Å². The van der Waals surface area contributed by atoms with Crippen molar-refractivity contribution in [3.05, 3.63) is 29.3 Å². The third-order valence-corrected chi connectivity index (χ3v) is 3.98. The number of carbonyl (C=O) groups excluding carboxylic acids is 3. The predicted molar refractivity (Wildman–Crippen MR) is 79.1 cm³/mol. The molecular formula is C13H13Cl2N3O3. The molecule has 1 aliphatic heterocycles. The van der Waals surface area contributed by atoms with Gasteiger partial charge in [0.2, 0.25) is 11.8 Å². The average Bonchev–Trinajstić information content (AvgIpc) is 2.43. The number of urea groups is 1. The number of nitrogens with zero attached hydrogens (tertiary/aromatic N) is 2. The van der Waals surface area contributed by atoms with Crippen LogP contribution in [0, 0.1) is 5.92 Å². The van der Waals surface area contributed by atoms with Gasteiger partial charge in [-0.1, -0.05) is 29.3 Å². The lowest BCUT2D eigenvalue weighted by Crippen LogP contribution is -2.60. The van der Waals surface area contributed by atoms with Gasteiger partial charge in [0.15, 0.2) is 5.92 Å². The number of amides is 4. The molecule has 4 amide bonds. The lowest BCUT2D eigenvalue weighted by atomic mass is 10.0. The number of benzene rings is 1. The second kappa shape index (κ2) is 5.91. The highest BCUT2D eigenvalue weighted by molar-refractivity contribution is 6.31. The highest BCUT2D eigenvalue weighted by Gasteiger charge is 2.46. The van der Waals surface area contributed by atoms with Crippen LogP contribution in [-0.4, -0.2) is 47.2 Å². The maximum absolute atomic E-state index is 12.3. The summed E-state index contributed by atoms with van der Waals surface area (Å²) in [7, 11) is 2.74. The Labute approximate surface area is 131 Å². The van der Waals surface area contributed by atoms with Crippen molar-refractivity contribution in [2.45, 2.75) is 5.50 Å². The first-order valence-electron chi connectivity index (χ1n) is 6.08. The molecule has 112 valence electrons. The molecule has 2 atom stereocenters. The zero-order valence-corrected chi connectivity index (χ0v) is 12.9. The molecule has 1 fully saturated rings. The van der Waals surface area contributed by atoms with Crippen LogP contribution in [0.15, 0.2) is 24.3 Å². The van der Waals surface area contributed by atoms with Crippen molar-refractivity contribution in [1.29, 1.82) is 0 Å². The molecule has 1 saturated heterocycles. The van der Waals surface area contributed by atoms with E-state index >= 15 is 0 Å². The summed E-state index contributed by atoms with van der Waals surface area (Å²) in [5.41, 5.74) is -0.591. The normalized spacial score (nSPS) is 22.5. The van der Waals surface area contributed by atoms with Crippen LogP contribution in [0.4, 0.5) is 10.5 Å². The molecular weight excluding hydrogens is 317 g/mol. The standard InChI is InChI=1S/C13H13Cl2N3O3/c1-17-10(15)9(12(20)18(2)13(17)21)11(19)16-8-5-3-4-7(14)6-8/h3-6,9-10H,1-2H3,(H,16,19). The molecule has 0 aromatic heterocycles. The number of alkyl halides is 1. The molecule has 0 bridgehead atoms. The quantitative estimate of drug-likeness (QED) is 0.512. The van der Waals surface area contributed by atoms with Gasteiger partial charge in [0.05, 0.1) is 0 Å². The third-order valence-electron chi connectivity index (χ3n) is 3.20. The molecule has 21 heavy (non-hydrogen) atoms. The van der Waals surface area contributed by atoms with Crippen LogP contribution >= 0.6 is 23.2 Å². The largest absolute Gasteiger partial charge is 0.327 e. The highest BCUT2D eigenvalue weighted by atomic mass is 35.5. The van der Waals surface area contributed by atoms with Crippen LogP contribution in [0.3, 0.4) is 0 Å². The average molecular weight is 330 g/mol. The first kappa shape index (κ1) is 15.6. The van der Waals surface area contributed by atoms with E-state index in [0.717, 1.165) is 9.80 Å². The van der Waals surface area contributed by atoms with Crippen LogP contribution in [0.2, 0.25) is 5.02 Å². The fraction of sp³-hybridized carbons (Fsp3) is 0.308. The van der Waals surface area contributed by atoms with Crippen molar-refractivity contribution in [2.75, 3.05) is 19.4 Å². The van der Waals surface area contributed by atoms with E-state index in [0.29, 0.717) is 10.7 Å². The Bertz CT molecular complexity index is 608. The summed E-state index contributed by atoms with van der Waals surface area (Å²) in [6, 6.07) is 5.97. The molecule has 0 radical (unpaired) electrons. The smallest absolute Gasteiger partial charge is 0.325 e. The summed E-state index contributed by atoms with van der Waals surface area (Å²) in [6.45, 7) is 0. The summed E-state index contributed by atoms with van der Waals surface area (Å²) in [4.78, 5) is 38.1. The maximum Gasteiger partial charge on any atom is 0.327 e. The minimum absolute atomic E-state index is 0.450. The minimum atomic E-state index is -1.18. The zero-order chi connectivity index (χ0) is 15.7. The van der Waals surface area contributed by atoms with E-state index in [2.05, 4.69) is 5.32 Å². The van der Waals surface area contributed by atoms with E-state index in [1.165, 1.54) is 14.1 Å². The van der Waals surface area contributed by atoms with Gasteiger partial charge < -0.3 is 10.2 Å². The predicted octanol–water partition coefficient (Wildman–Crippen LogP) is 1.98. The van der Waals surface area contributed by atoms with E-state index in [4.69, 9.17) is 23.2 Å². The monoisotopic (exact) mass is 329 g/mol. The summed E-state index contributed by atoms with van der Waals surface area (Å²) >= 11 is 11.9. The number of anilines is 1. The number of halogens is 2. The first-order valence-corrected chi connectivity index (χ1v) is 6.89. The van der Waals surface area contributed by atoms with Gasteiger partial charge in [-0.05, 0) is 18.2 Å². The Morgan fingerprint density at radius 2 is 1.95 bits per heavy atom. The number of imide groups is 1. The van der Waals surface area contributed by atoms with Crippen LogP contribution in [-0.2, 0) is 9.59 Å². The van der Waals surface area contributed by atoms with Crippen molar-refractivity contribution in [3.8, 4) is 0 Å². The molecule has 0 spiro atoms. The Morgan fingerprint density at radius 1 is 1.29 bits per heavy atom. The summed E-state index contributed by atoms with van der Waals surface area (Å²) < 4.78 is 0. The molecule has 1 aromatic rings. The lowest BCUT2D eigenvalue weighted by molar-refractivity contribution is -0.141. The lowest BCUT2D eigenvalue weighted by Gasteiger charge is -2.37. The van der Waals surface area contributed by atoms with Crippen molar-refractivity contribution in [3.63, 3.8) is 0 Å². The highest BCUT2D eigenvalue weighted by Crippen LogP contribution is 2.25. The molecule has 2 unspecified atom stereocenters. The van der Waals surface area contributed by atoms with Gasteiger partial charge in [0.25, 0.3) is 0 Å². The van der Waals surface area contributed by atoms with Crippen LogP contribution in [0.5, 0.6) is 0 Å². The number of hydrogen-bond acceptors (Lipinski definition) is 3. The van der Waals surface area contributed by atoms with E-state index in [9.17, 15) is 14.4 Å². The zero-order valence-electron chi connectivity index (χ0n) is 11.3. The Morgan fingerprint density at radius 3 is 2.57 bits per heavy atom. The van der Waals surface area contributed by atoms with Gasteiger partial charge >= 0.3 is 6.03 Å². The van der Waals surface area contributed by atoms with Crippen molar-refractivity contribution in [2.24, 2.45) is 5.92 Å². The van der Waals surface area contributed by atoms with Crippen molar-refractivity contribution in [1.82, 2.24) is 9.80 Å². The molecule has 2 rings (SSSR count). The van der Waals surface area contributed by atoms with Crippen LogP contribution in [0.25, 0.3) is 0 Å². The van der Waals surface area contributed by atoms with Gasteiger partial charge in [0.1, 0.15) is 5.50 Å². The molecule has 6 nitrogen and oxygen atoms in total. The SMILES string of the molecule is CN1C(=O)C(C(=O)Nc2cccc(Cl)c2)C(Cl)N(C)C1=O.